The molecule has 3 heteroatoms. The molecule has 1 atom stereocenters. The second-order valence-electron chi connectivity index (χ2n) is 4.95. The van der Waals surface area contributed by atoms with E-state index >= 15 is 0 Å². The number of alkyl halides is 1. The minimum atomic E-state index is 0.0201. The molecule has 0 bridgehead atoms. The number of hydrogen-bond acceptors (Lipinski definition) is 1. The van der Waals surface area contributed by atoms with Gasteiger partial charge >= 0.3 is 0 Å². The first kappa shape index (κ1) is 13.6. The Morgan fingerprint density at radius 3 is 2.65 bits per heavy atom. The molecule has 0 aromatic heterocycles. The average molecular weight is 365 g/mol. The van der Waals surface area contributed by atoms with Gasteiger partial charge in [0, 0.05) is 11.0 Å². The van der Waals surface area contributed by atoms with Gasteiger partial charge in [-0.3, -0.25) is 4.79 Å². The lowest BCUT2D eigenvalue weighted by atomic mass is 9.80. The van der Waals surface area contributed by atoms with Gasteiger partial charge in [0.15, 0.2) is 0 Å². The lowest BCUT2D eigenvalue weighted by molar-refractivity contribution is -0.118. The Labute approximate surface area is 122 Å². The smallest absolute Gasteiger partial charge is 0.149 e. The third-order valence-corrected chi connectivity index (χ3v) is 4.90. The predicted octanol–water partition coefficient (Wildman–Crippen LogP) is 4.64. The van der Waals surface area contributed by atoms with E-state index in [-0.39, 0.29) is 5.92 Å². The summed E-state index contributed by atoms with van der Waals surface area (Å²) in [5.41, 5.74) is 1.31. The van der Waals surface area contributed by atoms with E-state index in [1.165, 1.54) is 37.7 Å². The van der Waals surface area contributed by atoms with Crippen LogP contribution in [0.4, 0.5) is 0 Å². The highest BCUT2D eigenvalue weighted by Gasteiger charge is 2.25. The van der Waals surface area contributed by atoms with Crippen molar-refractivity contribution in [2.24, 2.45) is 11.8 Å². The topological polar surface area (TPSA) is 17.1 Å². The Hall–Kier alpha value is 0.170. The largest absolute Gasteiger partial charge is 0.298 e. The molecule has 0 aromatic carbocycles. The van der Waals surface area contributed by atoms with Crippen molar-refractivity contribution in [2.45, 2.75) is 38.5 Å². The SMILES string of the molecule is O=C(CI)[C@H]1C=C(Cl)C(C2CCCCC2)=CC1. The number of rotatable bonds is 3. The maximum Gasteiger partial charge on any atom is 0.149 e. The molecule has 0 amide bonds. The van der Waals surface area contributed by atoms with Gasteiger partial charge in [-0.2, -0.15) is 0 Å². The summed E-state index contributed by atoms with van der Waals surface area (Å²) in [6, 6.07) is 0. The fraction of sp³-hybridized carbons (Fsp3) is 0.643. The van der Waals surface area contributed by atoms with Crippen molar-refractivity contribution in [3.63, 3.8) is 0 Å². The van der Waals surface area contributed by atoms with Gasteiger partial charge in [-0.25, -0.2) is 0 Å². The van der Waals surface area contributed by atoms with Crippen molar-refractivity contribution in [2.75, 3.05) is 4.43 Å². The summed E-state index contributed by atoms with van der Waals surface area (Å²) < 4.78 is 0.579. The summed E-state index contributed by atoms with van der Waals surface area (Å²) in [7, 11) is 0. The van der Waals surface area contributed by atoms with Crippen LogP contribution in [-0.4, -0.2) is 10.2 Å². The van der Waals surface area contributed by atoms with E-state index in [4.69, 9.17) is 11.6 Å². The number of ketones is 1. The molecule has 0 aromatic rings. The van der Waals surface area contributed by atoms with Crippen molar-refractivity contribution < 1.29 is 4.79 Å². The first-order valence-corrected chi connectivity index (χ1v) is 8.29. The molecule has 2 aliphatic rings. The van der Waals surface area contributed by atoms with Gasteiger partial charge in [-0.05, 0) is 30.8 Å². The Bertz CT molecular complexity index is 353. The molecule has 0 unspecified atom stereocenters. The lowest BCUT2D eigenvalue weighted by Crippen LogP contribution is -2.18. The highest BCUT2D eigenvalue weighted by Crippen LogP contribution is 2.38. The lowest BCUT2D eigenvalue weighted by Gasteiger charge is -2.27. The van der Waals surface area contributed by atoms with Gasteiger partial charge in [0.25, 0.3) is 0 Å². The Balaban J connectivity index is 2.04. The van der Waals surface area contributed by atoms with Crippen LogP contribution in [0, 0.1) is 11.8 Å². The van der Waals surface area contributed by atoms with Crippen molar-refractivity contribution in [1.82, 2.24) is 0 Å². The van der Waals surface area contributed by atoms with Crippen LogP contribution in [0.5, 0.6) is 0 Å². The maximum atomic E-state index is 11.7. The van der Waals surface area contributed by atoms with Crippen LogP contribution in [-0.2, 0) is 4.79 Å². The van der Waals surface area contributed by atoms with Crippen molar-refractivity contribution in [3.05, 3.63) is 22.8 Å². The highest BCUT2D eigenvalue weighted by molar-refractivity contribution is 14.1. The van der Waals surface area contributed by atoms with E-state index in [0.29, 0.717) is 16.1 Å². The van der Waals surface area contributed by atoms with Crippen LogP contribution in [0.2, 0.25) is 0 Å². The zero-order chi connectivity index (χ0) is 12.3. The van der Waals surface area contributed by atoms with Gasteiger partial charge in [0.1, 0.15) is 5.78 Å². The first-order chi connectivity index (χ1) is 8.22. The zero-order valence-electron chi connectivity index (χ0n) is 9.92. The first-order valence-electron chi connectivity index (χ1n) is 6.38. The van der Waals surface area contributed by atoms with Gasteiger partial charge < -0.3 is 0 Å². The summed E-state index contributed by atoms with van der Waals surface area (Å²) in [6.45, 7) is 0. The molecule has 2 rings (SSSR count). The van der Waals surface area contributed by atoms with E-state index in [0.717, 1.165) is 11.5 Å². The Morgan fingerprint density at radius 1 is 1.35 bits per heavy atom. The molecule has 0 aliphatic heterocycles. The van der Waals surface area contributed by atoms with Crippen LogP contribution in [0.25, 0.3) is 0 Å². The standard InChI is InChI=1S/C14H18ClIO/c15-13-8-11(14(17)9-16)6-7-12(13)10-4-2-1-3-5-10/h7-8,10-11H,1-6,9H2/t11-/m1/s1. The molecule has 2 aliphatic carbocycles. The molecular formula is C14H18ClIO. The fourth-order valence-corrected chi connectivity index (χ4v) is 3.74. The maximum absolute atomic E-state index is 11.7. The minimum absolute atomic E-state index is 0.0201. The molecule has 17 heavy (non-hydrogen) atoms. The quantitative estimate of drug-likeness (QED) is 0.527. The van der Waals surface area contributed by atoms with Crippen LogP contribution in [0.1, 0.15) is 38.5 Å². The number of Topliss-reactive ketones (excluding diaryl/α,β-unsaturated/α-hetero) is 1. The molecule has 0 N–H and O–H groups in total. The van der Waals surface area contributed by atoms with E-state index in [1.807, 2.05) is 6.08 Å². The fourth-order valence-electron chi connectivity index (χ4n) is 2.79. The third-order valence-electron chi connectivity index (χ3n) is 3.81. The summed E-state index contributed by atoms with van der Waals surface area (Å²) in [5.74, 6) is 0.956. The van der Waals surface area contributed by atoms with Crippen LogP contribution < -0.4 is 0 Å². The minimum Gasteiger partial charge on any atom is -0.298 e. The summed E-state index contributed by atoms with van der Waals surface area (Å²) in [4.78, 5) is 11.7. The summed E-state index contributed by atoms with van der Waals surface area (Å²) >= 11 is 8.48. The van der Waals surface area contributed by atoms with Crippen LogP contribution in [0.3, 0.4) is 0 Å². The summed E-state index contributed by atoms with van der Waals surface area (Å²) in [5, 5.41) is 0.839. The molecular weight excluding hydrogens is 347 g/mol. The predicted molar refractivity (Wildman–Crippen MR) is 80.6 cm³/mol. The van der Waals surface area contributed by atoms with E-state index in [9.17, 15) is 4.79 Å². The number of hydrogen-bond donors (Lipinski definition) is 0. The van der Waals surface area contributed by atoms with E-state index in [1.54, 1.807) is 0 Å². The molecule has 0 spiro atoms. The monoisotopic (exact) mass is 364 g/mol. The Kier molecular flexibility index (Phi) is 5.10. The summed E-state index contributed by atoms with van der Waals surface area (Å²) in [6.07, 6.45) is 11.6. The highest BCUT2D eigenvalue weighted by atomic mass is 127. The molecule has 0 radical (unpaired) electrons. The number of halogens is 2. The number of allylic oxidation sites excluding steroid dienone is 4. The van der Waals surface area contributed by atoms with Crippen LogP contribution in [0.15, 0.2) is 22.8 Å². The van der Waals surface area contributed by atoms with Gasteiger partial charge in [-0.1, -0.05) is 65.6 Å². The van der Waals surface area contributed by atoms with E-state index in [2.05, 4.69) is 28.7 Å². The number of carbonyl (C=O) groups is 1. The van der Waals surface area contributed by atoms with Gasteiger partial charge in [0.2, 0.25) is 0 Å². The molecule has 1 nitrogen and oxygen atoms in total. The average Bonchev–Trinajstić information content (AvgIpc) is 2.38. The molecule has 1 fully saturated rings. The number of carbonyl (C=O) groups excluding carboxylic acids is 1. The zero-order valence-corrected chi connectivity index (χ0v) is 12.8. The third kappa shape index (κ3) is 3.34. The molecule has 1 saturated carbocycles. The Morgan fingerprint density at radius 2 is 2.06 bits per heavy atom. The van der Waals surface area contributed by atoms with E-state index < -0.39 is 0 Å². The van der Waals surface area contributed by atoms with Crippen molar-refractivity contribution in [1.29, 1.82) is 0 Å². The normalized spacial score (nSPS) is 26.4. The molecule has 0 saturated heterocycles. The second-order valence-corrected chi connectivity index (χ2v) is 6.12. The molecule has 0 heterocycles. The van der Waals surface area contributed by atoms with Crippen molar-refractivity contribution >= 4 is 40.0 Å². The van der Waals surface area contributed by atoms with Crippen LogP contribution >= 0.6 is 34.2 Å². The van der Waals surface area contributed by atoms with Gasteiger partial charge in [0.05, 0.1) is 4.43 Å². The van der Waals surface area contributed by atoms with Crippen molar-refractivity contribution in [3.8, 4) is 0 Å². The second kappa shape index (κ2) is 6.37. The molecule has 94 valence electrons. The van der Waals surface area contributed by atoms with Gasteiger partial charge in [-0.15, -0.1) is 0 Å².